The first-order valence-electron chi connectivity index (χ1n) is 11.8. The largest absolute Gasteiger partial charge is 0.497 e. The number of aromatic nitrogens is 2. The third-order valence-corrected chi connectivity index (χ3v) is 5.99. The summed E-state index contributed by atoms with van der Waals surface area (Å²) in [5.74, 6) is 0.870. The summed E-state index contributed by atoms with van der Waals surface area (Å²) >= 11 is 6.05. The lowest BCUT2D eigenvalue weighted by Gasteiger charge is -2.21. The van der Waals surface area contributed by atoms with Gasteiger partial charge in [0, 0.05) is 35.0 Å². The van der Waals surface area contributed by atoms with E-state index >= 15 is 0 Å². The van der Waals surface area contributed by atoms with Crippen molar-refractivity contribution in [2.24, 2.45) is 0 Å². The fourth-order valence-corrected chi connectivity index (χ4v) is 3.94. The van der Waals surface area contributed by atoms with E-state index in [1.165, 1.54) is 4.90 Å². The highest BCUT2D eigenvalue weighted by molar-refractivity contribution is 6.30. The summed E-state index contributed by atoms with van der Waals surface area (Å²) in [7, 11) is 3.14. The molecule has 0 atom stereocenters. The molecule has 0 fully saturated rings. The molecule has 1 N–H and O–H groups in total. The molecule has 0 unspecified atom stereocenters. The van der Waals surface area contributed by atoms with E-state index in [0.717, 1.165) is 11.3 Å². The van der Waals surface area contributed by atoms with Gasteiger partial charge in [-0.25, -0.2) is 4.98 Å². The summed E-state index contributed by atoms with van der Waals surface area (Å²) < 4.78 is 12.3. The van der Waals surface area contributed by atoms with Crippen LogP contribution in [-0.2, 0) is 4.79 Å². The van der Waals surface area contributed by atoms with Crippen LogP contribution in [-0.4, -0.2) is 53.6 Å². The van der Waals surface area contributed by atoms with E-state index in [0.29, 0.717) is 33.7 Å². The van der Waals surface area contributed by atoms with Crippen LogP contribution in [0.2, 0.25) is 5.02 Å². The van der Waals surface area contributed by atoms with Crippen molar-refractivity contribution < 1.29 is 19.1 Å². The Hall–Kier alpha value is -4.56. The predicted octanol–water partition coefficient (Wildman–Crippen LogP) is 5.48. The number of methoxy groups -OCH3 is 2. The Morgan fingerprint density at radius 1 is 1.03 bits per heavy atom. The summed E-state index contributed by atoms with van der Waals surface area (Å²) in [5.41, 5.74) is 2.64. The first-order valence-corrected chi connectivity index (χ1v) is 12.1. The molecule has 0 aliphatic carbocycles. The number of halogens is 1. The number of hydrogen-bond acceptors (Lipinski definition) is 5. The van der Waals surface area contributed by atoms with Crippen LogP contribution in [0.5, 0.6) is 11.5 Å². The van der Waals surface area contributed by atoms with Gasteiger partial charge in [0.2, 0.25) is 11.9 Å². The number of nitrogens with one attached hydrogen (secondary N) is 1. The van der Waals surface area contributed by atoms with E-state index in [1.54, 1.807) is 61.3 Å². The van der Waals surface area contributed by atoms with Gasteiger partial charge in [0.15, 0.2) is 0 Å². The van der Waals surface area contributed by atoms with Gasteiger partial charge in [-0.2, -0.15) is 0 Å². The molecule has 1 aromatic heterocycles. The molecule has 3 aromatic carbocycles. The summed E-state index contributed by atoms with van der Waals surface area (Å²) in [6, 6.07) is 21.4. The van der Waals surface area contributed by atoms with Gasteiger partial charge in [-0.15, -0.1) is 6.58 Å². The SMILES string of the molecule is C=CCN(CC(=O)Nc1nc(-c2ccc(Cl)cc2)cn1-c1cccc(OC)c1)C(=O)c1ccc(OC)cc1. The molecule has 9 heteroatoms. The van der Waals surface area contributed by atoms with E-state index in [2.05, 4.69) is 16.9 Å². The third-order valence-electron chi connectivity index (χ3n) is 5.74. The highest BCUT2D eigenvalue weighted by atomic mass is 35.5. The second-order valence-corrected chi connectivity index (χ2v) is 8.72. The quantitative estimate of drug-likeness (QED) is 0.274. The minimum atomic E-state index is -0.411. The van der Waals surface area contributed by atoms with E-state index in [1.807, 2.05) is 42.6 Å². The topological polar surface area (TPSA) is 85.7 Å². The van der Waals surface area contributed by atoms with Crippen molar-refractivity contribution in [1.82, 2.24) is 14.5 Å². The van der Waals surface area contributed by atoms with Crippen molar-refractivity contribution >= 4 is 29.4 Å². The van der Waals surface area contributed by atoms with Crippen molar-refractivity contribution in [3.63, 3.8) is 0 Å². The van der Waals surface area contributed by atoms with Crippen LogP contribution in [0, 0.1) is 0 Å². The minimum Gasteiger partial charge on any atom is -0.497 e. The van der Waals surface area contributed by atoms with Gasteiger partial charge in [0.05, 0.1) is 25.6 Å². The molecule has 0 aliphatic rings. The number of ether oxygens (including phenoxy) is 2. The van der Waals surface area contributed by atoms with E-state index < -0.39 is 5.91 Å². The minimum absolute atomic E-state index is 0.193. The average Bonchev–Trinajstić information content (AvgIpc) is 3.36. The lowest BCUT2D eigenvalue weighted by molar-refractivity contribution is -0.116. The smallest absolute Gasteiger partial charge is 0.254 e. The van der Waals surface area contributed by atoms with E-state index in [-0.39, 0.29) is 19.0 Å². The molecular weight excluding hydrogens is 504 g/mol. The van der Waals surface area contributed by atoms with Crippen molar-refractivity contribution in [2.45, 2.75) is 0 Å². The fourth-order valence-electron chi connectivity index (χ4n) is 3.81. The molecule has 2 amide bonds. The molecule has 194 valence electrons. The Bertz CT molecular complexity index is 1430. The van der Waals surface area contributed by atoms with Gasteiger partial charge in [-0.05, 0) is 48.5 Å². The summed E-state index contributed by atoms with van der Waals surface area (Å²) in [6.45, 7) is 3.72. The van der Waals surface area contributed by atoms with Crippen molar-refractivity contribution in [1.29, 1.82) is 0 Å². The number of nitrogens with zero attached hydrogens (tertiary/aromatic N) is 3. The number of imidazole rings is 1. The zero-order valence-electron chi connectivity index (χ0n) is 21.1. The van der Waals surface area contributed by atoms with Gasteiger partial charge in [0.25, 0.3) is 5.91 Å². The maximum absolute atomic E-state index is 13.2. The van der Waals surface area contributed by atoms with E-state index in [9.17, 15) is 9.59 Å². The van der Waals surface area contributed by atoms with Gasteiger partial charge < -0.3 is 14.4 Å². The Labute approximate surface area is 226 Å². The maximum Gasteiger partial charge on any atom is 0.254 e. The van der Waals surface area contributed by atoms with Crippen LogP contribution in [0.15, 0.2) is 91.6 Å². The Morgan fingerprint density at radius 2 is 1.74 bits per heavy atom. The van der Waals surface area contributed by atoms with Crippen molar-refractivity contribution in [3.8, 4) is 28.4 Å². The van der Waals surface area contributed by atoms with Crippen LogP contribution >= 0.6 is 11.6 Å². The molecule has 0 saturated carbocycles. The van der Waals surface area contributed by atoms with Crippen LogP contribution in [0.3, 0.4) is 0 Å². The van der Waals surface area contributed by atoms with Gasteiger partial charge in [-0.1, -0.05) is 35.9 Å². The molecule has 38 heavy (non-hydrogen) atoms. The van der Waals surface area contributed by atoms with Crippen LogP contribution in [0.25, 0.3) is 16.9 Å². The number of carbonyl (C=O) groups is 2. The second kappa shape index (κ2) is 12.1. The number of amides is 2. The molecular formula is C29H27ClN4O4. The molecule has 0 bridgehead atoms. The molecule has 4 rings (SSSR count). The zero-order valence-corrected chi connectivity index (χ0v) is 21.8. The molecule has 0 spiro atoms. The van der Waals surface area contributed by atoms with Crippen molar-refractivity contribution in [3.05, 3.63) is 102 Å². The molecule has 1 heterocycles. The Kier molecular flexibility index (Phi) is 8.45. The fraction of sp³-hybridized carbons (Fsp3) is 0.138. The molecule has 0 saturated heterocycles. The molecule has 0 aliphatic heterocycles. The first kappa shape index (κ1) is 26.5. The number of hydrogen-bond donors (Lipinski definition) is 1. The number of carbonyl (C=O) groups excluding carboxylic acids is 2. The summed E-state index contributed by atoms with van der Waals surface area (Å²) in [6.07, 6.45) is 3.39. The molecule has 4 aromatic rings. The van der Waals surface area contributed by atoms with Gasteiger partial charge in [-0.3, -0.25) is 19.5 Å². The maximum atomic E-state index is 13.2. The number of anilines is 1. The lowest BCUT2D eigenvalue weighted by Crippen LogP contribution is -2.38. The average molecular weight is 531 g/mol. The summed E-state index contributed by atoms with van der Waals surface area (Å²) in [4.78, 5) is 32.4. The second-order valence-electron chi connectivity index (χ2n) is 8.28. The Balaban J connectivity index is 1.61. The number of benzene rings is 3. The van der Waals surface area contributed by atoms with Gasteiger partial charge >= 0.3 is 0 Å². The Morgan fingerprint density at radius 3 is 2.39 bits per heavy atom. The first-order chi connectivity index (χ1) is 18.4. The predicted molar refractivity (Wildman–Crippen MR) is 148 cm³/mol. The van der Waals surface area contributed by atoms with Crippen LogP contribution in [0.4, 0.5) is 5.95 Å². The molecule has 0 radical (unpaired) electrons. The van der Waals surface area contributed by atoms with Crippen LogP contribution in [0.1, 0.15) is 10.4 Å². The highest BCUT2D eigenvalue weighted by Crippen LogP contribution is 2.27. The standard InChI is InChI=1S/C29H27ClN4O4/c1-4-16-33(28(36)21-10-14-24(37-2)15-11-21)19-27(35)32-29-31-26(20-8-12-22(30)13-9-20)18-34(29)23-6-5-7-25(17-23)38-3/h4-15,17-18H,1,16,19H2,2-3H3,(H,31,32,35). The summed E-state index contributed by atoms with van der Waals surface area (Å²) in [5, 5.41) is 3.47. The van der Waals surface area contributed by atoms with E-state index in [4.69, 9.17) is 21.1 Å². The zero-order chi connectivity index (χ0) is 27.1. The third kappa shape index (κ3) is 6.22. The number of rotatable bonds is 10. The monoisotopic (exact) mass is 530 g/mol. The normalized spacial score (nSPS) is 10.5. The van der Waals surface area contributed by atoms with Crippen LogP contribution < -0.4 is 14.8 Å². The van der Waals surface area contributed by atoms with Gasteiger partial charge in [0.1, 0.15) is 18.0 Å². The van der Waals surface area contributed by atoms with Crippen molar-refractivity contribution in [2.75, 3.05) is 32.6 Å². The highest BCUT2D eigenvalue weighted by Gasteiger charge is 2.20. The lowest BCUT2D eigenvalue weighted by atomic mass is 10.2. The molecule has 8 nitrogen and oxygen atoms in total.